The van der Waals surface area contributed by atoms with Crippen LogP contribution >= 0.6 is 0 Å². The minimum atomic E-state index is -1.06. The summed E-state index contributed by atoms with van der Waals surface area (Å²) in [5, 5.41) is 9.79. The van der Waals surface area contributed by atoms with Gasteiger partial charge in [0.15, 0.2) is 5.78 Å². The first-order valence-electron chi connectivity index (χ1n) is 8.49. The number of carbonyl (C=O) groups excluding carboxylic acids is 1. The van der Waals surface area contributed by atoms with Crippen LogP contribution in [0.3, 0.4) is 0 Å². The van der Waals surface area contributed by atoms with Gasteiger partial charge in [-0.3, -0.25) is 9.59 Å². The van der Waals surface area contributed by atoms with Crippen LogP contribution in [0.25, 0.3) is 0 Å². The van der Waals surface area contributed by atoms with E-state index in [-0.39, 0.29) is 5.78 Å². The van der Waals surface area contributed by atoms with Gasteiger partial charge in [0, 0.05) is 11.0 Å². The number of Topliss-reactive ketones (excluding diaryl/α,β-unsaturated/α-hetero) is 1. The summed E-state index contributed by atoms with van der Waals surface area (Å²) in [6.07, 6.45) is 4.26. The average molecular weight is 316 g/mol. The Morgan fingerprint density at radius 3 is 1.91 bits per heavy atom. The number of carbonyl (C=O) groups is 2. The van der Waals surface area contributed by atoms with Crippen LogP contribution in [0.1, 0.15) is 73.0 Å². The summed E-state index contributed by atoms with van der Waals surface area (Å²) < 4.78 is 0. The second kappa shape index (κ2) is 6.10. The molecule has 0 aliphatic heterocycles. The minimum Gasteiger partial charge on any atom is -0.481 e. The molecule has 1 aliphatic rings. The Morgan fingerprint density at radius 2 is 1.48 bits per heavy atom. The van der Waals surface area contributed by atoms with E-state index in [0.717, 1.165) is 41.5 Å². The standard InChI is InChI=1S/C20H28O3/c1-13-11-14(2)16(15(3)12-13)17(21)20(9-7-6-8-10-20)19(4,5)18(22)23/h11-12H,6-10H2,1-5H3,(H,22,23). The highest BCUT2D eigenvalue weighted by Crippen LogP contribution is 2.52. The third-order valence-corrected chi connectivity index (χ3v) is 5.78. The summed E-state index contributed by atoms with van der Waals surface area (Å²) in [6.45, 7) is 9.37. The van der Waals surface area contributed by atoms with Crippen LogP contribution in [-0.4, -0.2) is 16.9 Å². The molecule has 23 heavy (non-hydrogen) atoms. The first-order valence-corrected chi connectivity index (χ1v) is 8.49. The summed E-state index contributed by atoms with van der Waals surface area (Å²) in [5.41, 5.74) is 1.91. The van der Waals surface area contributed by atoms with Crippen LogP contribution in [0.2, 0.25) is 0 Å². The van der Waals surface area contributed by atoms with Gasteiger partial charge in [0.2, 0.25) is 0 Å². The molecule has 1 N–H and O–H groups in total. The van der Waals surface area contributed by atoms with Crippen LogP contribution in [0.15, 0.2) is 12.1 Å². The molecule has 0 amide bonds. The van der Waals surface area contributed by atoms with Crippen molar-refractivity contribution < 1.29 is 14.7 Å². The molecule has 0 saturated heterocycles. The van der Waals surface area contributed by atoms with Gasteiger partial charge in [-0.1, -0.05) is 37.0 Å². The van der Waals surface area contributed by atoms with E-state index in [2.05, 4.69) is 0 Å². The van der Waals surface area contributed by atoms with Crippen molar-refractivity contribution in [2.24, 2.45) is 10.8 Å². The van der Waals surface area contributed by atoms with Crippen molar-refractivity contribution in [3.05, 3.63) is 34.4 Å². The average Bonchev–Trinajstić information content (AvgIpc) is 2.46. The van der Waals surface area contributed by atoms with Gasteiger partial charge < -0.3 is 5.11 Å². The fourth-order valence-corrected chi connectivity index (χ4v) is 4.27. The lowest BCUT2D eigenvalue weighted by Crippen LogP contribution is -2.50. The molecular weight excluding hydrogens is 288 g/mol. The lowest BCUT2D eigenvalue weighted by atomic mass is 9.55. The maximum Gasteiger partial charge on any atom is 0.310 e. The molecular formula is C20H28O3. The van der Waals surface area contributed by atoms with Crippen LogP contribution < -0.4 is 0 Å². The van der Waals surface area contributed by atoms with E-state index in [4.69, 9.17) is 0 Å². The van der Waals surface area contributed by atoms with Crippen molar-refractivity contribution >= 4 is 11.8 Å². The summed E-state index contributed by atoms with van der Waals surface area (Å²) in [6, 6.07) is 4.04. The Balaban J connectivity index is 2.62. The molecule has 0 heterocycles. The number of hydrogen-bond donors (Lipinski definition) is 1. The number of aliphatic carboxylic acids is 1. The highest BCUT2D eigenvalue weighted by Gasteiger charge is 2.55. The number of ketones is 1. The molecule has 0 spiro atoms. The number of hydrogen-bond acceptors (Lipinski definition) is 2. The van der Waals surface area contributed by atoms with Gasteiger partial charge in [0.1, 0.15) is 0 Å². The van der Waals surface area contributed by atoms with E-state index >= 15 is 0 Å². The topological polar surface area (TPSA) is 54.4 Å². The van der Waals surface area contributed by atoms with E-state index in [0.29, 0.717) is 12.8 Å². The predicted octanol–water partition coefficient (Wildman–Crippen LogP) is 4.86. The molecule has 0 unspecified atom stereocenters. The van der Waals surface area contributed by atoms with Gasteiger partial charge in [-0.05, 0) is 58.6 Å². The second-order valence-corrected chi connectivity index (χ2v) is 7.68. The van der Waals surface area contributed by atoms with Crippen molar-refractivity contribution in [3.8, 4) is 0 Å². The smallest absolute Gasteiger partial charge is 0.310 e. The maximum atomic E-state index is 13.6. The number of benzene rings is 1. The Hall–Kier alpha value is -1.64. The second-order valence-electron chi connectivity index (χ2n) is 7.68. The molecule has 0 atom stereocenters. The van der Waals surface area contributed by atoms with Crippen molar-refractivity contribution in [3.63, 3.8) is 0 Å². The molecule has 0 radical (unpaired) electrons. The zero-order chi connectivity index (χ0) is 17.4. The molecule has 2 rings (SSSR count). The highest BCUT2D eigenvalue weighted by molar-refractivity contribution is 6.05. The zero-order valence-electron chi connectivity index (χ0n) is 15.0. The summed E-state index contributed by atoms with van der Waals surface area (Å²) in [4.78, 5) is 25.5. The molecule has 3 heteroatoms. The Morgan fingerprint density at radius 1 is 1.00 bits per heavy atom. The van der Waals surface area contributed by atoms with E-state index in [9.17, 15) is 14.7 Å². The van der Waals surface area contributed by atoms with Crippen LogP contribution in [0, 0.1) is 31.6 Å². The van der Waals surface area contributed by atoms with Crippen molar-refractivity contribution in [2.45, 2.75) is 66.7 Å². The SMILES string of the molecule is Cc1cc(C)c(C(=O)C2(C(C)(C)C(=O)O)CCCCC2)c(C)c1. The van der Waals surface area contributed by atoms with E-state index in [1.54, 1.807) is 13.8 Å². The number of carboxylic acids is 1. The molecule has 1 fully saturated rings. The first-order chi connectivity index (χ1) is 10.6. The number of carboxylic acid groups (broad SMARTS) is 1. The molecule has 0 aromatic heterocycles. The van der Waals surface area contributed by atoms with Crippen LogP contribution in [-0.2, 0) is 4.79 Å². The Labute approximate surface area is 139 Å². The number of rotatable bonds is 4. The highest BCUT2D eigenvalue weighted by atomic mass is 16.4. The van der Waals surface area contributed by atoms with Gasteiger partial charge in [-0.2, -0.15) is 0 Å². The predicted molar refractivity (Wildman–Crippen MR) is 91.9 cm³/mol. The third kappa shape index (κ3) is 2.82. The van der Waals surface area contributed by atoms with Crippen molar-refractivity contribution in [2.75, 3.05) is 0 Å². The normalized spacial score (nSPS) is 17.8. The summed E-state index contributed by atoms with van der Waals surface area (Å²) >= 11 is 0. The lowest BCUT2D eigenvalue weighted by molar-refractivity contribution is -0.154. The fourth-order valence-electron chi connectivity index (χ4n) is 4.27. The monoisotopic (exact) mass is 316 g/mol. The Kier molecular flexibility index (Phi) is 4.70. The summed E-state index contributed by atoms with van der Waals surface area (Å²) in [5.74, 6) is -0.852. The first kappa shape index (κ1) is 17.7. The quantitative estimate of drug-likeness (QED) is 0.807. The summed E-state index contributed by atoms with van der Waals surface area (Å²) in [7, 11) is 0. The van der Waals surface area contributed by atoms with Gasteiger partial charge in [-0.25, -0.2) is 0 Å². The van der Waals surface area contributed by atoms with Gasteiger partial charge >= 0.3 is 5.97 Å². The van der Waals surface area contributed by atoms with Crippen molar-refractivity contribution in [1.29, 1.82) is 0 Å². The third-order valence-electron chi connectivity index (χ3n) is 5.78. The minimum absolute atomic E-state index is 0.0274. The molecule has 0 bridgehead atoms. The largest absolute Gasteiger partial charge is 0.481 e. The van der Waals surface area contributed by atoms with Gasteiger partial charge in [-0.15, -0.1) is 0 Å². The maximum absolute atomic E-state index is 13.6. The molecule has 1 aliphatic carbocycles. The molecule has 126 valence electrons. The van der Waals surface area contributed by atoms with E-state index in [1.165, 1.54) is 0 Å². The van der Waals surface area contributed by atoms with Gasteiger partial charge in [0.05, 0.1) is 5.41 Å². The fraction of sp³-hybridized carbons (Fsp3) is 0.600. The molecule has 3 nitrogen and oxygen atoms in total. The Bertz CT molecular complexity index is 611. The zero-order valence-corrected chi connectivity index (χ0v) is 15.0. The number of aryl methyl sites for hydroxylation is 3. The van der Waals surface area contributed by atoms with E-state index < -0.39 is 16.8 Å². The van der Waals surface area contributed by atoms with Crippen LogP contribution in [0.4, 0.5) is 0 Å². The van der Waals surface area contributed by atoms with E-state index in [1.807, 2.05) is 32.9 Å². The van der Waals surface area contributed by atoms with Gasteiger partial charge in [0.25, 0.3) is 0 Å². The molecule has 1 saturated carbocycles. The molecule has 1 aromatic rings. The lowest BCUT2D eigenvalue weighted by Gasteiger charge is -2.46. The van der Waals surface area contributed by atoms with Crippen LogP contribution in [0.5, 0.6) is 0 Å². The molecule has 1 aromatic carbocycles. The van der Waals surface area contributed by atoms with Crippen molar-refractivity contribution in [1.82, 2.24) is 0 Å².